The third kappa shape index (κ3) is 34.9. The van der Waals surface area contributed by atoms with E-state index in [9.17, 15) is 28.4 Å². The van der Waals surface area contributed by atoms with Crippen molar-refractivity contribution in [2.75, 3.05) is 149 Å². The summed E-state index contributed by atoms with van der Waals surface area (Å²) in [6.45, 7) is 15.6. The number of nitrogen functional groups attached to an aromatic ring is 4. The standard InChI is InChI=1S/C14H15FN6O4S.C14H17N7O4S.C14H17N5O3S.C11H14N6O2S.C7H9IN2O2.C7H10N2O2.C6H9N3O2/c2*1-6(22)16-8-5-9(17-7(2)23)19-14(18-8)26-10-11(24-3)20-13(15)21-12(10)25-4;1-7-6-10(18-9(3)20)19-14(15-7)23-11-12(21-4)16-8(2)17-13(11)22-5;1-5-14-9(18-2)8(10(15-5)19-3)20-11-16-6(12)4-7(13)17-11;1-4-9-6(11-2)5(8)7(10-4)12-3;1-5-8-6(10-2)4-7(9-5)11-3;1-10-4-3-5(11-2)9-6(7)8-4/h5H,1-4H3,(H2,16,17,18,19,22,23);5H,1-4H3,(H2,15,20,21)(H2,16,17,18,19,22,23);6H,1-5H3,(H,15,18,19,20);4H,1-3H3,(H4,12,13,16,17);1-3H3;4H,1-3H3;3H,1-2H3,(H2,7,8,9). The highest BCUT2D eigenvalue weighted by Gasteiger charge is 2.25. The number of nitrogens with zero attached hydrogens (tertiary/aromatic N) is 22. The van der Waals surface area contributed by atoms with E-state index in [1.54, 1.807) is 74.3 Å². The summed E-state index contributed by atoms with van der Waals surface area (Å²) < 4.78 is 85.3. The Morgan fingerprint density at radius 3 is 0.775 bits per heavy atom. The molecule has 50 nitrogen and oxygen atoms in total. The molecule has 0 atom stereocenters. The second-order valence-corrected chi connectivity index (χ2v) is 28.7. The molecule has 11 aromatic heterocycles. The van der Waals surface area contributed by atoms with Crippen molar-refractivity contribution in [2.24, 2.45) is 0 Å². The number of amides is 5. The van der Waals surface area contributed by atoms with E-state index in [1.807, 2.05) is 6.92 Å². The number of nitrogens with two attached hydrogens (primary N) is 4. The summed E-state index contributed by atoms with van der Waals surface area (Å²) in [6, 6.07) is 9.17. The zero-order chi connectivity index (χ0) is 95.9. The summed E-state index contributed by atoms with van der Waals surface area (Å²) in [7, 11) is 20.8. The van der Waals surface area contributed by atoms with Crippen LogP contribution in [0.3, 0.4) is 0 Å². The number of hydrogen-bond acceptors (Lipinski definition) is 49. The van der Waals surface area contributed by atoms with Crippen LogP contribution in [0.15, 0.2) is 76.6 Å². The van der Waals surface area contributed by atoms with Crippen molar-refractivity contribution in [3.8, 4) is 82.3 Å². The Morgan fingerprint density at radius 1 is 0.279 bits per heavy atom. The number of anilines is 9. The van der Waals surface area contributed by atoms with Crippen molar-refractivity contribution >= 4 is 152 Å². The van der Waals surface area contributed by atoms with Crippen molar-refractivity contribution in [1.82, 2.24) is 110 Å². The first-order chi connectivity index (χ1) is 61.3. The third-order valence-electron chi connectivity index (χ3n) is 13.9. The quantitative estimate of drug-likeness (QED) is 0.0176. The first-order valence-electron chi connectivity index (χ1n) is 36.1. The maximum atomic E-state index is 13.4. The van der Waals surface area contributed by atoms with Crippen molar-refractivity contribution in [1.29, 1.82) is 0 Å². The fourth-order valence-corrected chi connectivity index (χ4v) is 13.4. The van der Waals surface area contributed by atoms with E-state index in [0.29, 0.717) is 113 Å². The van der Waals surface area contributed by atoms with Gasteiger partial charge in [0.2, 0.25) is 124 Å². The van der Waals surface area contributed by atoms with Crippen LogP contribution in [-0.4, -0.2) is 239 Å². The average Bonchev–Trinajstić information content (AvgIpc) is 0.816. The number of aryl methyl sites for hydroxylation is 5. The zero-order valence-corrected chi connectivity index (χ0v) is 79.2. The van der Waals surface area contributed by atoms with Gasteiger partial charge >= 0.3 is 6.08 Å². The number of carbonyl (C=O) groups excluding carboxylic acids is 5. The smallest absolute Gasteiger partial charge is 0.315 e. The van der Waals surface area contributed by atoms with E-state index in [2.05, 4.69) is 159 Å². The van der Waals surface area contributed by atoms with E-state index >= 15 is 0 Å². The first-order valence-corrected chi connectivity index (χ1v) is 40.4. The first kappa shape index (κ1) is 105. The van der Waals surface area contributed by atoms with Gasteiger partial charge in [-0.05, 0) is 104 Å². The van der Waals surface area contributed by atoms with Crippen LogP contribution in [-0.2, 0) is 24.0 Å². The monoisotopic (exact) mass is 1980 g/mol. The lowest BCUT2D eigenvalue weighted by Gasteiger charge is -2.12. The molecule has 690 valence electrons. The number of rotatable bonds is 27. The SMILES string of the molecule is COc1cc(OC)nc(C)n1.COc1cc(OC)nc(N)n1.COc1nc(C)nc(OC)c1I.COc1nc(C)nc(OC)c1Sc1nc(C)cc(NC(C)=O)n1.COc1nc(C)nc(OC)c1Sc1nc(N)cc(N)n1.COc1nc(F)nc(OC)c1Sc1nc(NC(C)=O)cc(NC(C)=O)n1.COc1nc(N)nc(OC)c1Sc1nc(NC(C)=O)cc(NC(C)=O)n1. The van der Waals surface area contributed by atoms with Gasteiger partial charge in [-0.3, -0.25) is 24.0 Å². The van der Waals surface area contributed by atoms with Crippen LogP contribution in [0.25, 0.3) is 0 Å². The molecule has 0 spiro atoms. The van der Waals surface area contributed by atoms with Crippen LogP contribution in [0.4, 0.5) is 57.0 Å². The summed E-state index contributed by atoms with van der Waals surface area (Å²) in [6.07, 6.45) is -1.02. The highest BCUT2D eigenvalue weighted by Crippen LogP contribution is 2.43. The minimum absolute atomic E-state index is 0.0186. The molecule has 0 fully saturated rings. The molecule has 0 aliphatic carbocycles. The van der Waals surface area contributed by atoms with Crippen LogP contribution in [0, 0.1) is 44.3 Å². The molecule has 129 heavy (non-hydrogen) atoms. The molecule has 56 heteroatoms. The van der Waals surface area contributed by atoms with Crippen molar-refractivity contribution in [3.63, 3.8) is 0 Å². The van der Waals surface area contributed by atoms with Gasteiger partial charge in [0.1, 0.15) is 87.2 Å². The summed E-state index contributed by atoms with van der Waals surface area (Å²) in [5.41, 5.74) is 22.9. The van der Waals surface area contributed by atoms with Crippen LogP contribution in [0.1, 0.15) is 63.6 Å². The normalized spacial score (nSPS) is 10.0. The van der Waals surface area contributed by atoms with Gasteiger partial charge in [0, 0.05) is 64.6 Å². The molecule has 11 aromatic rings. The van der Waals surface area contributed by atoms with Crippen LogP contribution in [0.5, 0.6) is 82.3 Å². The van der Waals surface area contributed by atoms with E-state index in [-0.39, 0.29) is 115 Å². The number of carbonyl (C=O) groups is 5. The number of nitrogens with one attached hydrogen (secondary N) is 5. The molecule has 0 saturated heterocycles. The van der Waals surface area contributed by atoms with Crippen molar-refractivity contribution < 1.29 is 94.7 Å². The predicted octanol–water partition coefficient (Wildman–Crippen LogP) is 7.63. The maximum absolute atomic E-state index is 13.4. The number of aromatic nitrogens is 22. The predicted molar refractivity (Wildman–Crippen MR) is 476 cm³/mol. The van der Waals surface area contributed by atoms with Gasteiger partial charge < -0.3 is 116 Å². The van der Waals surface area contributed by atoms with E-state index < -0.39 is 6.08 Å². The molecule has 0 aromatic carbocycles. The molecule has 5 amide bonds. The summed E-state index contributed by atoms with van der Waals surface area (Å²) in [4.78, 5) is 147. The number of halogens is 2. The molecule has 11 heterocycles. The van der Waals surface area contributed by atoms with E-state index in [0.717, 1.165) is 32.8 Å². The topological polar surface area (TPSA) is 662 Å². The fourth-order valence-electron chi connectivity index (χ4n) is 9.05. The summed E-state index contributed by atoms with van der Waals surface area (Å²) in [5.74, 6) is 7.36. The molecule has 0 aliphatic heterocycles. The Morgan fingerprint density at radius 2 is 0.504 bits per heavy atom. The highest BCUT2D eigenvalue weighted by atomic mass is 127. The molecular formula is C73H91FIN31O19S4. The number of methoxy groups -OCH3 is 14. The second kappa shape index (κ2) is 52.6. The maximum Gasteiger partial charge on any atom is 0.315 e. The van der Waals surface area contributed by atoms with Gasteiger partial charge in [-0.1, -0.05) is 0 Å². The van der Waals surface area contributed by atoms with Crippen molar-refractivity contribution in [3.05, 3.63) is 75.0 Å². The Bertz CT molecular complexity index is 5260. The fraction of sp³-hybridized carbons (Fsp3) is 0.329. The van der Waals surface area contributed by atoms with E-state index in [1.165, 1.54) is 147 Å². The minimum Gasteiger partial charge on any atom is -0.481 e. The van der Waals surface area contributed by atoms with Crippen LogP contribution in [0.2, 0.25) is 0 Å². The molecule has 0 unspecified atom stereocenters. The summed E-state index contributed by atoms with van der Waals surface area (Å²) in [5, 5.41) is 13.8. The Balaban J connectivity index is 0.000000273. The van der Waals surface area contributed by atoms with Crippen molar-refractivity contribution in [2.45, 2.75) is 109 Å². The second-order valence-electron chi connectivity index (χ2n) is 23.8. The Kier molecular flexibility index (Phi) is 42.9. The molecular weight excluding hydrogens is 1890 g/mol. The number of ether oxygens (including phenoxy) is 14. The zero-order valence-electron chi connectivity index (χ0n) is 73.8. The third-order valence-corrected chi connectivity index (χ3v) is 18.5. The largest absolute Gasteiger partial charge is 0.481 e. The van der Waals surface area contributed by atoms with Gasteiger partial charge in [0.15, 0.2) is 20.6 Å². The van der Waals surface area contributed by atoms with Crippen LogP contribution >= 0.6 is 69.6 Å². The molecule has 0 bridgehead atoms. The average molecular weight is 1980 g/mol. The van der Waals surface area contributed by atoms with Gasteiger partial charge in [-0.25, -0.2) is 39.9 Å². The lowest BCUT2D eigenvalue weighted by atomic mass is 10.4. The van der Waals surface area contributed by atoms with Gasteiger partial charge in [0.25, 0.3) is 0 Å². The van der Waals surface area contributed by atoms with Gasteiger partial charge in [0.05, 0.1) is 112 Å². The molecule has 13 N–H and O–H groups in total. The van der Waals surface area contributed by atoms with Gasteiger partial charge in [-0.2, -0.15) is 74.2 Å². The Labute approximate surface area is 767 Å². The van der Waals surface area contributed by atoms with E-state index in [4.69, 9.17) is 89.3 Å². The molecule has 0 radical (unpaired) electrons. The molecule has 0 saturated carbocycles. The lowest BCUT2D eigenvalue weighted by molar-refractivity contribution is -0.115. The number of hydrogen-bond donors (Lipinski definition) is 9. The van der Waals surface area contributed by atoms with Gasteiger partial charge in [-0.15, -0.1) is 0 Å². The molecule has 11 rings (SSSR count). The van der Waals surface area contributed by atoms with Crippen LogP contribution < -0.4 is 116 Å². The lowest BCUT2D eigenvalue weighted by Crippen LogP contribution is -2.12. The highest BCUT2D eigenvalue weighted by molar-refractivity contribution is 14.1. The molecule has 0 aliphatic rings. The minimum atomic E-state index is -1.02. The Hall–Kier alpha value is -14.3. The summed E-state index contributed by atoms with van der Waals surface area (Å²) >= 11 is 6.40.